The van der Waals surface area contributed by atoms with Crippen molar-refractivity contribution in [3.8, 4) is 0 Å². The highest BCUT2D eigenvalue weighted by atomic mass is 32.3. The van der Waals surface area contributed by atoms with Gasteiger partial charge >= 0.3 is 10.4 Å². The second-order valence-corrected chi connectivity index (χ2v) is 2.58. The van der Waals surface area contributed by atoms with Crippen LogP contribution in [0.5, 0.6) is 0 Å². The standard InChI is InChI=1S/C2H6O4S.H2O3S/c1-2-6-7(3,4)5;1-4(2)3/h2H2,1H3,(H,3,4,5);(H2,1,2,3)/p-1. The van der Waals surface area contributed by atoms with Crippen LogP contribution in [0.1, 0.15) is 6.92 Å². The van der Waals surface area contributed by atoms with Crippen LogP contribution in [0, 0.1) is 0 Å². The third-order valence-electron chi connectivity index (χ3n) is 0.267. The monoisotopic (exact) mass is 207 g/mol. The molecule has 1 atom stereocenters. The van der Waals surface area contributed by atoms with Gasteiger partial charge in [-0.1, -0.05) is 0 Å². The molecule has 0 saturated heterocycles. The topological polar surface area (TPSA) is 124 Å². The van der Waals surface area contributed by atoms with Crippen LogP contribution in [-0.2, 0) is 25.9 Å². The third kappa shape index (κ3) is 40.4. The van der Waals surface area contributed by atoms with E-state index in [1.807, 2.05) is 0 Å². The molecule has 9 heteroatoms. The van der Waals surface area contributed by atoms with Gasteiger partial charge in [-0.25, -0.2) is 8.39 Å². The van der Waals surface area contributed by atoms with Gasteiger partial charge in [0.05, 0.1) is 18.0 Å². The maximum atomic E-state index is 9.56. The van der Waals surface area contributed by atoms with Crippen molar-refractivity contribution in [2.24, 2.45) is 0 Å². The Hall–Kier alpha value is -0.0600. The van der Waals surface area contributed by atoms with Crippen LogP contribution < -0.4 is 0 Å². The number of hydrogen-bond acceptors (Lipinski definition) is 5. The molecular formula is C2H7O7S2-. The Bertz CT molecular complexity index is 188. The minimum absolute atomic E-state index is 0.0289. The summed E-state index contributed by atoms with van der Waals surface area (Å²) in [5.41, 5.74) is 0. The highest BCUT2D eigenvalue weighted by Crippen LogP contribution is 1.81. The summed E-state index contributed by atoms with van der Waals surface area (Å²) in [7, 11) is -4.17. The van der Waals surface area contributed by atoms with Crippen LogP contribution in [0.25, 0.3) is 0 Å². The van der Waals surface area contributed by atoms with Gasteiger partial charge in [0.15, 0.2) is 0 Å². The summed E-state index contributed by atoms with van der Waals surface area (Å²) < 4.78 is 54.7. The predicted octanol–water partition coefficient (Wildman–Crippen LogP) is -0.836. The van der Waals surface area contributed by atoms with Crippen LogP contribution in [-0.4, -0.2) is 32.9 Å². The highest BCUT2D eigenvalue weighted by molar-refractivity contribution is 7.80. The second-order valence-electron chi connectivity index (χ2n) is 1.05. The summed E-state index contributed by atoms with van der Waals surface area (Å²) in [5, 5.41) is 0. The highest BCUT2D eigenvalue weighted by Gasteiger charge is 1.98. The molecule has 0 spiro atoms. The number of rotatable bonds is 2. The maximum Gasteiger partial charge on any atom is 0.397 e. The van der Waals surface area contributed by atoms with Crippen LogP contribution in [0.2, 0.25) is 0 Å². The molecule has 0 aliphatic heterocycles. The predicted molar refractivity (Wildman–Crippen MR) is 34.7 cm³/mol. The van der Waals surface area contributed by atoms with Gasteiger partial charge in [0.2, 0.25) is 0 Å². The minimum Gasteiger partial charge on any atom is -0.750 e. The molecule has 0 aliphatic carbocycles. The average Bonchev–Trinajstić information content (AvgIpc) is 1.58. The van der Waals surface area contributed by atoms with Crippen LogP contribution >= 0.6 is 0 Å². The number of hydrogen-bond donors (Lipinski definition) is 2. The van der Waals surface area contributed by atoms with Crippen molar-refractivity contribution in [2.45, 2.75) is 6.92 Å². The molecule has 0 amide bonds. The largest absolute Gasteiger partial charge is 0.750 e. The molecule has 1 unspecified atom stereocenters. The van der Waals surface area contributed by atoms with Crippen molar-refractivity contribution in [1.29, 1.82) is 0 Å². The van der Waals surface area contributed by atoms with Crippen molar-refractivity contribution in [2.75, 3.05) is 6.61 Å². The summed E-state index contributed by atoms with van der Waals surface area (Å²) in [5.74, 6) is 0. The molecule has 7 nitrogen and oxygen atoms in total. The Labute approximate surface area is 66.4 Å². The lowest BCUT2D eigenvalue weighted by Crippen LogP contribution is -2.01. The molecule has 0 heterocycles. The third-order valence-corrected chi connectivity index (χ3v) is 0.800. The second kappa shape index (κ2) is 6.64. The lowest BCUT2D eigenvalue weighted by Gasteiger charge is -1.88. The Balaban J connectivity index is 0. The fourth-order valence-electron chi connectivity index (χ4n) is 0.149. The molecule has 11 heavy (non-hydrogen) atoms. The molecule has 2 N–H and O–H groups in total. The fourth-order valence-corrected chi connectivity index (χ4v) is 0.447. The SMILES string of the molecule is CCOS(=O)(=O)O.O=S([O-])O. The van der Waals surface area contributed by atoms with E-state index in [2.05, 4.69) is 4.18 Å². The van der Waals surface area contributed by atoms with E-state index in [1.165, 1.54) is 6.92 Å². The van der Waals surface area contributed by atoms with E-state index < -0.39 is 21.8 Å². The molecule has 0 aliphatic rings. The smallest absolute Gasteiger partial charge is 0.397 e. The Morgan fingerprint density at radius 2 is 1.91 bits per heavy atom. The Morgan fingerprint density at radius 1 is 1.64 bits per heavy atom. The molecular weight excluding hydrogens is 200 g/mol. The molecule has 0 bridgehead atoms. The van der Waals surface area contributed by atoms with Gasteiger partial charge in [-0.05, 0) is 6.92 Å². The van der Waals surface area contributed by atoms with Crippen LogP contribution in [0.15, 0.2) is 0 Å². The zero-order valence-corrected chi connectivity index (χ0v) is 7.09. The van der Waals surface area contributed by atoms with E-state index in [1.54, 1.807) is 0 Å². The van der Waals surface area contributed by atoms with Crippen molar-refractivity contribution in [3.63, 3.8) is 0 Å². The van der Waals surface area contributed by atoms with E-state index in [4.69, 9.17) is 17.9 Å². The van der Waals surface area contributed by atoms with Gasteiger partial charge < -0.3 is 9.11 Å². The van der Waals surface area contributed by atoms with Gasteiger partial charge in [-0.3, -0.25) is 4.55 Å². The van der Waals surface area contributed by atoms with E-state index >= 15 is 0 Å². The molecule has 0 aromatic carbocycles. The van der Waals surface area contributed by atoms with Crippen LogP contribution in [0.4, 0.5) is 0 Å². The summed E-state index contributed by atoms with van der Waals surface area (Å²) in [6.45, 7) is 1.44. The fraction of sp³-hybridized carbons (Fsp3) is 1.00. The van der Waals surface area contributed by atoms with E-state index in [0.717, 1.165) is 0 Å². The first kappa shape index (κ1) is 13.5. The van der Waals surface area contributed by atoms with Gasteiger partial charge in [0.1, 0.15) is 0 Å². The van der Waals surface area contributed by atoms with Crippen molar-refractivity contribution >= 4 is 21.8 Å². The van der Waals surface area contributed by atoms with Gasteiger partial charge in [0, 0.05) is 0 Å². The molecule has 0 aromatic heterocycles. The maximum absolute atomic E-state index is 9.56. The zero-order chi connectivity index (χ0) is 9.49. The summed E-state index contributed by atoms with van der Waals surface area (Å²) >= 11 is -2.86. The first-order valence-corrected chi connectivity index (χ1v) is 4.59. The zero-order valence-electron chi connectivity index (χ0n) is 5.46. The quantitative estimate of drug-likeness (QED) is 0.447. The Morgan fingerprint density at radius 3 is 1.91 bits per heavy atom. The molecule has 0 aromatic rings. The molecule has 0 rings (SSSR count). The first-order chi connectivity index (χ1) is 4.79. The lowest BCUT2D eigenvalue weighted by atomic mass is 10.9. The van der Waals surface area contributed by atoms with Crippen molar-refractivity contribution in [3.05, 3.63) is 0 Å². The first-order valence-electron chi connectivity index (χ1n) is 2.19. The summed E-state index contributed by atoms with van der Waals surface area (Å²) in [6.07, 6.45) is 0. The summed E-state index contributed by atoms with van der Waals surface area (Å²) in [4.78, 5) is 0. The molecule has 0 radical (unpaired) electrons. The summed E-state index contributed by atoms with van der Waals surface area (Å²) in [6, 6.07) is 0. The Kier molecular flexibility index (Phi) is 8.16. The van der Waals surface area contributed by atoms with E-state index in [0.29, 0.717) is 0 Å². The normalized spacial score (nSPS) is 13.1. The van der Waals surface area contributed by atoms with Gasteiger partial charge in [-0.2, -0.15) is 8.42 Å². The molecule has 0 saturated carbocycles. The lowest BCUT2D eigenvalue weighted by molar-refractivity contribution is 0.283. The van der Waals surface area contributed by atoms with Crippen molar-refractivity contribution < 1.29 is 30.5 Å². The van der Waals surface area contributed by atoms with E-state index in [9.17, 15) is 8.42 Å². The van der Waals surface area contributed by atoms with E-state index in [-0.39, 0.29) is 6.61 Å². The van der Waals surface area contributed by atoms with Crippen LogP contribution in [0.3, 0.4) is 0 Å². The average molecular weight is 207 g/mol. The molecule has 0 fully saturated rings. The van der Waals surface area contributed by atoms with Crippen molar-refractivity contribution in [1.82, 2.24) is 0 Å². The molecule has 70 valence electrons. The minimum atomic E-state index is -4.17. The van der Waals surface area contributed by atoms with Gasteiger partial charge in [-0.15, -0.1) is 0 Å². The van der Waals surface area contributed by atoms with Gasteiger partial charge in [0.25, 0.3) is 0 Å².